The van der Waals surface area contributed by atoms with E-state index >= 15 is 0 Å². The Morgan fingerprint density at radius 2 is 2.33 bits per heavy atom. The Balaban J connectivity index is 3.19. The SMILES string of the molecule is CN(CCC#N)S(=O)(=O)c1cc(Br)cnc1NN. The van der Waals surface area contributed by atoms with Crippen molar-refractivity contribution in [3.63, 3.8) is 0 Å². The van der Waals surface area contributed by atoms with Gasteiger partial charge in [-0.3, -0.25) is 0 Å². The van der Waals surface area contributed by atoms with Crippen LogP contribution in [0, 0.1) is 11.3 Å². The predicted octanol–water partition coefficient (Wildman–Crippen LogP) is 0.664. The fraction of sp³-hybridized carbons (Fsp3) is 0.333. The molecule has 98 valence electrons. The van der Waals surface area contributed by atoms with Crippen molar-refractivity contribution < 1.29 is 8.42 Å². The summed E-state index contributed by atoms with van der Waals surface area (Å²) in [6, 6.07) is 3.29. The first kappa shape index (κ1) is 14.8. The number of hydrazine groups is 1. The van der Waals surface area contributed by atoms with Crippen molar-refractivity contribution >= 4 is 31.8 Å². The number of nitrogen functional groups attached to an aromatic ring is 1. The van der Waals surface area contributed by atoms with Crippen molar-refractivity contribution in [2.24, 2.45) is 5.84 Å². The van der Waals surface area contributed by atoms with Crippen molar-refractivity contribution in [1.82, 2.24) is 9.29 Å². The van der Waals surface area contributed by atoms with E-state index < -0.39 is 10.0 Å². The molecule has 0 saturated carbocycles. The highest BCUT2D eigenvalue weighted by molar-refractivity contribution is 9.10. The van der Waals surface area contributed by atoms with E-state index in [0.717, 1.165) is 4.31 Å². The molecule has 0 radical (unpaired) electrons. The van der Waals surface area contributed by atoms with E-state index in [1.54, 1.807) is 0 Å². The van der Waals surface area contributed by atoms with Crippen LogP contribution < -0.4 is 11.3 Å². The molecule has 0 bridgehead atoms. The molecular formula is C9H12BrN5O2S. The third-order valence-corrected chi connectivity index (χ3v) is 4.49. The van der Waals surface area contributed by atoms with Crippen molar-refractivity contribution in [2.45, 2.75) is 11.3 Å². The van der Waals surface area contributed by atoms with E-state index in [4.69, 9.17) is 11.1 Å². The van der Waals surface area contributed by atoms with Gasteiger partial charge in [0.05, 0.1) is 6.07 Å². The van der Waals surface area contributed by atoms with E-state index in [-0.39, 0.29) is 23.7 Å². The van der Waals surface area contributed by atoms with Gasteiger partial charge in [0.25, 0.3) is 0 Å². The fourth-order valence-corrected chi connectivity index (χ4v) is 3.00. The molecule has 0 aliphatic heterocycles. The normalized spacial score (nSPS) is 11.3. The average Bonchev–Trinajstić information content (AvgIpc) is 2.35. The second-order valence-corrected chi connectivity index (χ2v) is 6.31. The number of nitriles is 1. The molecule has 0 unspecified atom stereocenters. The Morgan fingerprint density at radius 3 is 2.89 bits per heavy atom. The molecule has 1 aromatic heterocycles. The molecule has 18 heavy (non-hydrogen) atoms. The number of hydrogen-bond acceptors (Lipinski definition) is 6. The van der Waals surface area contributed by atoms with Crippen LogP contribution in [0.25, 0.3) is 0 Å². The number of anilines is 1. The zero-order valence-corrected chi connectivity index (χ0v) is 12.0. The molecule has 3 N–H and O–H groups in total. The summed E-state index contributed by atoms with van der Waals surface area (Å²) in [6.45, 7) is 0.107. The number of pyridine rings is 1. The Hall–Kier alpha value is -1.21. The lowest BCUT2D eigenvalue weighted by atomic mass is 10.5. The van der Waals surface area contributed by atoms with E-state index in [1.807, 2.05) is 6.07 Å². The second-order valence-electron chi connectivity index (χ2n) is 3.38. The van der Waals surface area contributed by atoms with Gasteiger partial charge in [-0.2, -0.15) is 9.57 Å². The van der Waals surface area contributed by atoms with Crippen molar-refractivity contribution in [3.05, 3.63) is 16.7 Å². The van der Waals surface area contributed by atoms with Gasteiger partial charge in [-0.05, 0) is 22.0 Å². The van der Waals surface area contributed by atoms with Gasteiger partial charge < -0.3 is 5.43 Å². The third-order valence-electron chi connectivity index (χ3n) is 2.18. The minimum absolute atomic E-state index is 0.0418. The molecule has 1 aromatic rings. The largest absolute Gasteiger partial charge is 0.307 e. The summed E-state index contributed by atoms with van der Waals surface area (Å²) in [5.41, 5.74) is 2.24. The summed E-state index contributed by atoms with van der Waals surface area (Å²) in [5.74, 6) is 5.29. The highest BCUT2D eigenvalue weighted by Gasteiger charge is 2.24. The molecule has 0 amide bonds. The highest BCUT2D eigenvalue weighted by Crippen LogP contribution is 2.24. The summed E-state index contributed by atoms with van der Waals surface area (Å²) >= 11 is 3.15. The van der Waals surface area contributed by atoms with Crippen LogP contribution in [-0.2, 0) is 10.0 Å². The first-order valence-electron chi connectivity index (χ1n) is 4.89. The number of halogens is 1. The number of nitrogens with one attached hydrogen (secondary N) is 1. The zero-order valence-electron chi connectivity index (χ0n) is 9.59. The van der Waals surface area contributed by atoms with Crippen LogP contribution >= 0.6 is 15.9 Å². The number of nitrogens with zero attached hydrogens (tertiary/aromatic N) is 3. The molecule has 0 aliphatic carbocycles. The highest BCUT2D eigenvalue weighted by atomic mass is 79.9. The number of nitrogens with two attached hydrogens (primary N) is 1. The molecule has 9 heteroatoms. The van der Waals surface area contributed by atoms with Gasteiger partial charge >= 0.3 is 0 Å². The molecular weight excluding hydrogens is 322 g/mol. The summed E-state index contributed by atoms with van der Waals surface area (Å²) in [5, 5.41) is 8.47. The van der Waals surface area contributed by atoms with Crippen LogP contribution in [0.15, 0.2) is 21.6 Å². The van der Waals surface area contributed by atoms with Gasteiger partial charge in [-0.1, -0.05) is 0 Å². The maximum atomic E-state index is 12.2. The Labute approximate surface area is 114 Å². The molecule has 0 atom stereocenters. The van der Waals surface area contributed by atoms with E-state index in [0.29, 0.717) is 4.47 Å². The van der Waals surface area contributed by atoms with Crippen LogP contribution in [0.2, 0.25) is 0 Å². The fourth-order valence-electron chi connectivity index (χ4n) is 1.22. The first-order valence-corrected chi connectivity index (χ1v) is 7.12. The van der Waals surface area contributed by atoms with Crippen LogP contribution in [0.1, 0.15) is 6.42 Å². The van der Waals surface area contributed by atoms with Crippen LogP contribution in [0.3, 0.4) is 0 Å². The lowest BCUT2D eigenvalue weighted by Gasteiger charge is -2.17. The quantitative estimate of drug-likeness (QED) is 0.604. The van der Waals surface area contributed by atoms with Crippen LogP contribution in [0.4, 0.5) is 5.82 Å². The van der Waals surface area contributed by atoms with E-state index in [9.17, 15) is 8.42 Å². The van der Waals surface area contributed by atoms with Crippen LogP contribution in [0.5, 0.6) is 0 Å². The third kappa shape index (κ3) is 3.17. The summed E-state index contributed by atoms with van der Waals surface area (Å²) in [4.78, 5) is 3.83. The second kappa shape index (κ2) is 6.10. The van der Waals surface area contributed by atoms with Crippen LogP contribution in [-0.4, -0.2) is 31.3 Å². The molecule has 1 heterocycles. The molecule has 0 aliphatic rings. The standard InChI is InChI=1S/C9H12BrN5O2S/c1-15(4-2-3-11)18(16,17)8-5-7(10)6-13-9(8)14-12/h5-6H,2,4,12H2,1H3,(H,13,14). The summed E-state index contributed by atoms with van der Waals surface area (Å²) in [6.07, 6.45) is 1.55. The first-order chi connectivity index (χ1) is 8.43. The van der Waals surface area contributed by atoms with Crippen molar-refractivity contribution in [2.75, 3.05) is 19.0 Å². The van der Waals surface area contributed by atoms with Crippen molar-refractivity contribution in [3.8, 4) is 6.07 Å². The molecule has 1 rings (SSSR count). The van der Waals surface area contributed by atoms with Gasteiger partial charge in [0, 0.05) is 30.7 Å². The number of sulfonamides is 1. The topological polar surface area (TPSA) is 112 Å². The predicted molar refractivity (Wildman–Crippen MR) is 69.8 cm³/mol. The molecule has 0 spiro atoms. The van der Waals surface area contributed by atoms with Gasteiger partial charge in [-0.15, -0.1) is 0 Å². The molecule has 0 fully saturated rings. The number of hydrogen-bond donors (Lipinski definition) is 2. The molecule has 7 nitrogen and oxygen atoms in total. The van der Waals surface area contributed by atoms with Gasteiger partial charge in [0.15, 0.2) is 5.82 Å². The monoisotopic (exact) mass is 333 g/mol. The summed E-state index contributed by atoms with van der Waals surface area (Å²) in [7, 11) is -2.33. The van der Waals surface area contributed by atoms with Gasteiger partial charge in [-0.25, -0.2) is 19.2 Å². The Bertz CT molecular complexity index is 569. The van der Waals surface area contributed by atoms with Crippen molar-refractivity contribution in [1.29, 1.82) is 5.26 Å². The van der Waals surface area contributed by atoms with Gasteiger partial charge in [0.2, 0.25) is 10.0 Å². The Kier molecular flexibility index (Phi) is 5.03. The number of aromatic nitrogens is 1. The van der Waals surface area contributed by atoms with E-state index in [1.165, 1.54) is 19.3 Å². The minimum atomic E-state index is -3.73. The van der Waals surface area contributed by atoms with E-state index in [2.05, 4.69) is 26.3 Å². The lowest BCUT2D eigenvalue weighted by molar-refractivity contribution is 0.476. The summed E-state index contributed by atoms with van der Waals surface area (Å²) < 4.78 is 26.1. The number of rotatable bonds is 5. The Morgan fingerprint density at radius 1 is 1.67 bits per heavy atom. The average molecular weight is 334 g/mol. The zero-order chi connectivity index (χ0) is 13.8. The van der Waals surface area contributed by atoms with Gasteiger partial charge in [0.1, 0.15) is 4.90 Å². The smallest absolute Gasteiger partial charge is 0.246 e. The maximum Gasteiger partial charge on any atom is 0.246 e. The minimum Gasteiger partial charge on any atom is -0.307 e. The molecule has 0 saturated heterocycles. The maximum absolute atomic E-state index is 12.2. The lowest BCUT2D eigenvalue weighted by Crippen LogP contribution is -2.29. The molecule has 0 aromatic carbocycles.